The van der Waals surface area contributed by atoms with Gasteiger partial charge in [0.25, 0.3) is 0 Å². The molecule has 0 aromatic heterocycles. The van der Waals surface area contributed by atoms with Crippen LogP contribution in [0.15, 0.2) is 54.6 Å². The Bertz CT molecular complexity index is 681. The van der Waals surface area contributed by atoms with Crippen molar-refractivity contribution in [2.24, 2.45) is 0 Å². The number of benzene rings is 3. The molecule has 0 fully saturated rings. The van der Waals surface area contributed by atoms with Gasteiger partial charge in [0.2, 0.25) is 0 Å². The molecule has 0 bridgehead atoms. The second-order valence-electron chi connectivity index (χ2n) is 6.53. The van der Waals surface area contributed by atoms with Crippen molar-refractivity contribution in [3.8, 4) is 0 Å². The van der Waals surface area contributed by atoms with Gasteiger partial charge in [-0.3, -0.25) is 0 Å². The summed E-state index contributed by atoms with van der Waals surface area (Å²) in [6.45, 7) is 7.34. The first-order valence-electron chi connectivity index (χ1n) is 6.94. The zero-order valence-electron chi connectivity index (χ0n) is 11.9. The first-order chi connectivity index (χ1) is 9.04. The summed E-state index contributed by atoms with van der Waals surface area (Å²) in [4.78, 5) is 0. The third-order valence-electron chi connectivity index (χ3n) is 3.59. The monoisotopic (exact) mass is 264 g/mol. The molecule has 0 amide bonds. The van der Waals surface area contributed by atoms with Crippen molar-refractivity contribution in [3.63, 3.8) is 0 Å². The molecular formula is C18H20Si. The van der Waals surface area contributed by atoms with Gasteiger partial charge in [-0.15, -0.1) is 0 Å². The summed E-state index contributed by atoms with van der Waals surface area (Å²) in [5.41, 5.74) is 1.55. The van der Waals surface area contributed by atoms with Crippen LogP contribution in [0, 0.1) is 0 Å². The molecule has 0 saturated heterocycles. The van der Waals surface area contributed by atoms with Gasteiger partial charge in [0.15, 0.2) is 0 Å². The lowest BCUT2D eigenvalue weighted by Crippen LogP contribution is -2.24. The Morgan fingerprint density at radius 2 is 1.21 bits per heavy atom. The highest BCUT2D eigenvalue weighted by atomic mass is 28.3. The van der Waals surface area contributed by atoms with E-state index < -0.39 is 8.07 Å². The van der Waals surface area contributed by atoms with Crippen molar-refractivity contribution in [2.45, 2.75) is 25.7 Å². The molecule has 0 unspecified atom stereocenters. The van der Waals surface area contributed by atoms with Crippen LogP contribution in [0.4, 0.5) is 0 Å². The molecule has 3 aromatic rings. The fraction of sp³-hybridized carbons (Fsp3) is 0.222. The molecule has 0 spiro atoms. The summed E-state index contributed by atoms with van der Waals surface area (Å²) in [6, 6.07) is 21.2. The molecule has 1 heteroatoms. The lowest BCUT2D eigenvalue weighted by Gasteiger charge is -2.19. The van der Waals surface area contributed by atoms with E-state index in [1.54, 1.807) is 5.56 Å². The Hall–Kier alpha value is -1.60. The van der Waals surface area contributed by atoms with E-state index in [1.807, 2.05) is 0 Å². The smallest absolute Gasteiger partial charge is 0.0487 e. The third-order valence-corrected chi connectivity index (χ3v) is 5.00. The van der Waals surface area contributed by atoms with Crippen molar-refractivity contribution in [1.29, 1.82) is 0 Å². The minimum absolute atomic E-state index is 1.13. The van der Waals surface area contributed by atoms with Crippen LogP contribution in [-0.2, 0) is 6.04 Å². The summed E-state index contributed by atoms with van der Waals surface area (Å²) in [5.74, 6) is 0. The molecule has 0 aliphatic rings. The van der Waals surface area contributed by atoms with Crippen LogP contribution in [0.5, 0.6) is 0 Å². The van der Waals surface area contributed by atoms with Gasteiger partial charge < -0.3 is 0 Å². The number of fused-ring (bicyclic) bond motifs is 2. The summed E-state index contributed by atoms with van der Waals surface area (Å²) in [7, 11) is -1.13. The lowest BCUT2D eigenvalue weighted by atomic mass is 9.98. The van der Waals surface area contributed by atoms with Crippen LogP contribution >= 0.6 is 0 Å². The molecule has 0 heterocycles. The summed E-state index contributed by atoms with van der Waals surface area (Å²) in [5, 5.41) is 5.61. The van der Waals surface area contributed by atoms with Gasteiger partial charge in [-0.1, -0.05) is 68.2 Å². The summed E-state index contributed by atoms with van der Waals surface area (Å²) >= 11 is 0. The van der Waals surface area contributed by atoms with Gasteiger partial charge in [-0.25, -0.2) is 0 Å². The summed E-state index contributed by atoms with van der Waals surface area (Å²) < 4.78 is 0. The van der Waals surface area contributed by atoms with Crippen LogP contribution in [0.3, 0.4) is 0 Å². The van der Waals surface area contributed by atoms with Crippen LogP contribution in [0.2, 0.25) is 19.6 Å². The highest BCUT2D eigenvalue weighted by Crippen LogP contribution is 2.30. The molecule has 3 aromatic carbocycles. The largest absolute Gasteiger partial charge is 0.0693 e. The van der Waals surface area contributed by atoms with E-state index in [0.29, 0.717) is 0 Å². The van der Waals surface area contributed by atoms with E-state index in [0.717, 1.165) is 0 Å². The number of rotatable bonds is 2. The third kappa shape index (κ3) is 2.43. The summed E-state index contributed by atoms with van der Waals surface area (Å²) in [6.07, 6.45) is 0. The second kappa shape index (κ2) is 4.50. The fourth-order valence-corrected chi connectivity index (χ4v) is 4.27. The lowest BCUT2D eigenvalue weighted by molar-refractivity contribution is 1.37. The molecule has 0 aliphatic carbocycles. The molecule has 0 atom stereocenters. The number of hydrogen-bond acceptors (Lipinski definition) is 0. The molecule has 0 N–H and O–H groups in total. The predicted octanol–water partition coefficient (Wildman–Crippen LogP) is 5.41. The minimum Gasteiger partial charge on any atom is -0.0693 e. The van der Waals surface area contributed by atoms with E-state index in [9.17, 15) is 0 Å². The van der Waals surface area contributed by atoms with Crippen LogP contribution in [0.1, 0.15) is 5.56 Å². The van der Waals surface area contributed by atoms with Crippen molar-refractivity contribution in [1.82, 2.24) is 0 Å². The van der Waals surface area contributed by atoms with Crippen LogP contribution in [0.25, 0.3) is 21.5 Å². The van der Waals surface area contributed by atoms with Crippen molar-refractivity contribution in [2.75, 3.05) is 0 Å². The van der Waals surface area contributed by atoms with Gasteiger partial charge in [-0.05, 0) is 39.2 Å². The van der Waals surface area contributed by atoms with Gasteiger partial charge in [-0.2, -0.15) is 0 Å². The fourth-order valence-electron chi connectivity index (χ4n) is 2.83. The maximum Gasteiger partial charge on any atom is 0.0487 e. The highest BCUT2D eigenvalue weighted by molar-refractivity contribution is 6.75. The maximum absolute atomic E-state index is 2.45. The molecule has 0 aliphatic heterocycles. The SMILES string of the molecule is C[Si](C)(C)Cc1c2ccccc2cc2ccccc12. The molecule has 0 saturated carbocycles. The van der Waals surface area contributed by atoms with E-state index in [4.69, 9.17) is 0 Å². The van der Waals surface area contributed by atoms with Gasteiger partial charge in [0.1, 0.15) is 0 Å². The average Bonchev–Trinajstić information content (AvgIpc) is 2.37. The molecule has 0 nitrogen and oxygen atoms in total. The molecule has 3 rings (SSSR count). The van der Waals surface area contributed by atoms with Gasteiger partial charge in [0, 0.05) is 8.07 Å². The van der Waals surface area contributed by atoms with E-state index in [-0.39, 0.29) is 0 Å². The Morgan fingerprint density at radius 1 is 0.737 bits per heavy atom. The normalized spacial score (nSPS) is 12.2. The molecule has 19 heavy (non-hydrogen) atoms. The van der Waals surface area contributed by atoms with Crippen molar-refractivity contribution < 1.29 is 0 Å². The molecular weight excluding hydrogens is 244 g/mol. The van der Waals surface area contributed by atoms with E-state index in [1.165, 1.54) is 27.6 Å². The Morgan fingerprint density at radius 3 is 1.68 bits per heavy atom. The van der Waals surface area contributed by atoms with Gasteiger partial charge in [0.05, 0.1) is 0 Å². The first-order valence-corrected chi connectivity index (χ1v) is 10.6. The van der Waals surface area contributed by atoms with Crippen LogP contribution in [-0.4, -0.2) is 8.07 Å². The standard InChI is InChI=1S/C18H20Si/c1-19(2,3)13-18-16-10-6-4-8-14(16)12-15-9-5-7-11-17(15)18/h4-12H,13H2,1-3H3. The van der Waals surface area contributed by atoms with Crippen molar-refractivity contribution in [3.05, 3.63) is 60.2 Å². The Labute approximate surface area is 116 Å². The average molecular weight is 264 g/mol. The minimum atomic E-state index is -1.13. The zero-order chi connectivity index (χ0) is 13.5. The van der Waals surface area contributed by atoms with E-state index >= 15 is 0 Å². The maximum atomic E-state index is 2.45. The number of hydrogen-bond donors (Lipinski definition) is 0. The Kier molecular flexibility index (Phi) is 2.94. The first kappa shape index (κ1) is 12.4. The molecule has 96 valence electrons. The Balaban J connectivity index is 2.39. The zero-order valence-corrected chi connectivity index (χ0v) is 12.9. The van der Waals surface area contributed by atoms with Crippen molar-refractivity contribution >= 4 is 29.6 Å². The highest BCUT2D eigenvalue weighted by Gasteiger charge is 2.17. The van der Waals surface area contributed by atoms with Gasteiger partial charge >= 0.3 is 0 Å². The predicted molar refractivity (Wildman–Crippen MR) is 88.5 cm³/mol. The van der Waals surface area contributed by atoms with Crippen LogP contribution < -0.4 is 0 Å². The second-order valence-corrected chi connectivity index (χ2v) is 12.0. The van der Waals surface area contributed by atoms with E-state index in [2.05, 4.69) is 74.2 Å². The molecule has 0 radical (unpaired) electrons. The topological polar surface area (TPSA) is 0 Å². The quantitative estimate of drug-likeness (QED) is 0.428.